The first-order valence-electron chi connectivity index (χ1n) is 6.31. The van der Waals surface area contributed by atoms with Crippen LogP contribution < -0.4 is 0 Å². The van der Waals surface area contributed by atoms with E-state index in [0.717, 1.165) is 21.1 Å². The van der Waals surface area contributed by atoms with E-state index in [-0.39, 0.29) is 6.42 Å². The van der Waals surface area contributed by atoms with Crippen LogP contribution in [-0.2, 0) is 11.2 Å². The number of nitrogens with zero attached hydrogens (tertiary/aromatic N) is 2. The number of carbonyl (C=O) groups is 1. The van der Waals surface area contributed by atoms with E-state index in [0.29, 0.717) is 5.69 Å². The molecule has 0 fully saturated rings. The summed E-state index contributed by atoms with van der Waals surface area (Å²) in [5.41, 5.74) is 4.05. The van der Waals surface area contributed by atoms with Gasteiger partial charge in [0.05, 0.1) is 24.0 Å². The fourth-order valence-corrected chi connectivity index (χ4v) is 3.33. The molecule has 1 N–H and O–H groups in total. The van der Waals surface area contributed by atoms with Gasteiger partial charge in [0.1, 0.15) is 0 Å². The standard InChI is InChI=1S/C15H14N2O2S/c1-9-3-5-11(6-4-9)14-10(2)20-15-16-8-12(17(14)15)7-13(18)19/h3-6,8H,7H2,1-2H3,(H,18,19). The maximum Gasteiger partial charge on any atom is 0.309 e. The molecule has 0 aliphatic rings. The molecule has 0 aliphatic carbocycles. The summed E-state index contributed by atoms with van der Waals surface area (Å²) in [4.78, 5) is 17.3. The van der Waals surface area contributed by atoms with Gasteiger partial charge in [-0.25, -0.2) is 4.98 Å². The van der Waals surface area contributed by atoms with E-state index >= 15 is 0 Å². The molecule has 102 valence electrons. The molecule has 3 aromatic rings. The second-order valence-corrected chi connectivity index (χ2v) is 5.99. The highest BCUT2D eigenvalue weighted by Gasteiger charge is 2.16. The van der Waals surface area contributed by atoms with Gasteiger partial charge in [-0.1, -0.05) is 29.8 Å². The van der Waals surface area contributed by atoms with Crippen LogP contribution in [-0.4, -0.2) is 20.5 Å². The van der Waals surface area contributed by atoms with Crippen LogP contribution in [0.3, 0.4) is 0 Å². The van der Waals surface area contributed by atoms with Crippen LogP contribution >= 0.6 is 11.3 Å². The lowest BCUT2D eigenvalue weighted by atomic mass is 10.1. The van der Waals surface area contributed by atoms with Crippen molar-refractivity contribution in [2.75, 3.05) is 0 Å². The molecule has 0 unspecified atom stereocenters. The molecule has 0 spiro atoms. The molecule has 2 aromatic heterocycles. The smallest absolute Gasteiger partial charge is 0.309 e. The third-order valence-electron chi connectivity index (χ3n) is 3.26. The normalized spacial score (nSPS) is 11.1. The van der Waals surface area contributed by atoms with E-state index in [2.05, 4.69) is 29.2 Å². The van der Waals surface area contributed by atoms with Gasteiger partial charge >= 0.3 is 5.97 Å². The van der Waals surface area contributed by atoms with Crippen molar-refractivity contribution in [3.05, 3.63) is 46.6 Å². The second kappa shape index (κ2) is 4.76. The first kappa shape index (κ1) is 12.9. The van der Waals surface area contributed by atoms with Gasteiger partial charge in [-0.3, -0.25) is 9.20 Å². The largest absolute Gasteiger partial charge is 0.481 e. The van der Waals surface area contributed by atoms with Crippen molar-refractivity contribution < 1.29 is 9.90 Å². The van der Waals surface area contributed by atoms with Crippen LogP contribution in [0.1, 0.15) is 16.1 Å². The number of hydrogen-bond acceptors (Lipinski definition) is 3. The number of aromatic nitrogens is 2. The van der Waals surface area contributed by atoms with Crippen LogP contribution in [0, 0.1) is 13.8 Å². The maximum absolute atomic E-state index is 11.0. The van der Waals surface area contributed by atoms with Crippen LogP contribution in [0.15, 0.2) is 30.5 Å². The summed E-state index contributed by atoms with van der Waals surface area (Å²) in [6.45, 7) is 4.09. The van der Waals surface area contributed by atoms with Crippen molar-refractivity contribution in [3.63, 3.8) is 0 Å². The molecule has 0 atom stereocenters. The Labute approximate surface area is 120 Å². The third-order valence-corrected chi connectivity index (χ3v) is 4.23. The number of hydrogen-bond donors (Lipinski definition) is 1. The number of imidazole rings is 1. The van der Waals surface area contributed by atoms with Crippen molar-refractivity contribution in [2.45, 2.75) is 20.3 Å². The number of fused-ring (bicyclic) bond motifs is 1. The minimum absolute atomic E-state index is 0.0177. The predicted octanol–water partition coefficient (Wildman–Crippen LogP) is 3.31. The summed E-state index contributed by atoms with van der Waals surface area (Å²) in [5.74, 6) is -0.842. The molecule has 20 heavy (non-hydrogen) atoms. The number of aliphatic carboxylic acids is 1. The van der Waals surface area contributed by atoms with Gasteiger partial charge in [-0.2, -0.15) is 0 Å². The van der Waals surface area contributed by atoms with E-state index in [1.165, 1.54) is 5.56 Å². The summed E-state index contributed by atoms with van der Waals surface area (Å²) in [6.07, 6.45) is 1.63. The summed E-state index contributed by atoms with van der Waals surface area (Å²) < 4.78 is 1.96. The van der Waals surface area contributed by atoms with E-state index in [4.69, 9.17) is 5.11 Å². The van der Waals surface area contributed by atoms with E-state index in [1.807, 2.05) is 18.2 Å². The van der Waals surface area contributed by atoms with Crippen LogP contribution in [0.25, 0.3) is 16.2 Å². The molecule has 1 aromatic carbocycles. The van der Waals surface area contributed by atoms with Crippen molar-refractivity contribution in [2.24, 2.45) is 0 Å². The number of aryl methyl sites for hydroxylation is 2. The third kappa shape index (κ3) is 2.10. The minimum Gasteiger partial charge on any atom is -0.481 e. The molecule has 3 rings (SSSR count). The highest BCUT2D eigenvalue weighted by molar-refractivity contribution is 7.17. The molecule has 0 saturated carbocycles. The Bertz CT molecular complexity index is 784. The molecule has 0 saturated heterocycles. The molecule has 0 aliphatic heterocycles. The van der Waals surface area contributed by atoms with Crippen LogP contribution in [0.4, 0.5) is 0 Å². The maximum atomic E-state index is 11.0. The topological polar surface area (TPSA) is 54.6 Å². The summed E-state index contributed by atoms with van der Waals surface area (Å²) in [5, 5.41) is 9.01. The predicted molar refractivity (Wildman–Crippen MR) is 79.3 cm³/mol. The average molecular weight is 286 g/mol. The zero-order chi connectivity index (χ0) is 14.3. The Morgan fingerprint density at radius 3 is 2.65 bits per heavy atom. The van der Waals surface area contributed by atoms with Crippen LogP contribution in [0.5, 0.6) is 0 Å². The van der Waals surface area contributed by atoms with Gasteiger partial charge < -0.3 is 5.11 Å². The zero-order valence-corrected chi connectivity index (χ0v) is 12.1. The van der Waals surface area contributed by atoms with Crippen molar-refractivity contribution in [1.29, 1.82) is 0 Å². The molecule has 0 radical (unpaired) electrons. The number of thiazole rings is 1. The number of benzene rings is 1. The first-order valence-corrected chi connectivity index (χ1v) is 7.12. The monoisotopic (exact) mass is 286 g/mol. The van der Waals surface area contributed by atoms with Gasteiger partial charge in [-0.15, -0.1) is 11.3 Å². The molecular formula is C15H14N2O2S. The van der Waals surface area contributed by atoms with Gasteiger partial charge in [0.2, 0.25) is 0 Å². The lowest BCUT2D eigenvalue weighted by Gasteiger charge is -2.05. The number of rotatable bonds is 3. The highest BCUT2D eigenvalue weighted by atomic mass is 32.1. The molecule has 2 heterocycles. The van der Waals surface area contributed by atoms with E-state index < -0.39 is 5.97 Å². The lowest BCUT2D eigenvalue weighted by Crippen LogP contribution is -2.03. The van der Waals surface area contributed by atoms with Gasteiger partial charge in [-0.05, 0) is 19.4 Å². The molecule has 0 amide bonds. The molecule has 0 bridgehead atoms. The van der Waals surface area contributed by atoms with E-state index in [9.17, 15) is 4.79 Å². The average Bonchev–Trinajstić information content (AvgIpc) is 2.90. The molecular weight excluding hydrogens is 272 g/mol. The Morgan fingerprint density at radius 2 is 2.00 bits per heavy atom. The quantitative estimate of drug-likeness (QED) is 0.803. The Hall–Kier alpha value is -2.14. The Balaban J connectivity index is 2.23. The fourth-order valence-electron chi connectivity index (χ4n) is 2.35. The molecule has 4 nitrogen and oxygen atoms in total. The second-order valence-electron chi connectivity index (χ2n) is 4.81. The first-order chi connectivity index (χ1) is 9.56. The van der Waals surface area contributed by atoms with Crippen LogP contribution in [0.2, 0.25) is 0 Å². The Morgan fingerprint density at radius 1 is 1.30 bits per heavy atom. The summed E-state index contributed by atoms with van der Waals surface area (Å²) in [7, 11) is 0. The van der Waals surface area contributed by atoms with Crippen molar-refractivity contribution in [3.8, 4) is 11.3 Å². The summed E-state index contributed by atoms with van der Waals surface area (Å²) in [6, 6.07) is 8.25. The minimum atomic E-state index is -0.842. The Kier molecular flexibility index (Phi) is 3.06. The van der Waals surface area contributed by atoms with Crippen molar-refractivity contribution in [1.82, 2.24) is 9.38 Å². The van der Waals surface area contributed by atoms with E-state index in [1.54, 1.807) is 17.5 Å². The fraction of sp³-hybridized carbons (Fsp3) is 0.200. The van der Waals surface area contributed by atoms with Crippen molar-refractivity contribution >= 4 is 22.3 Å². The zero-order valence-electron chi connectivity index (χ0n) is 11.3. The summed E-state index contributed by atoms with van der Waals surface area (Å²) >= 11 is 1.58. The number of carboxylic acids is 1. The molecule has 5 heteroatoms. The van der Waals surface area contributed by atoms with Gasteiger partial charge in [0.25, 0.3) is 0 Å². The lowest BCUT2D eigenvalue weighted by molar-refractivity contribution is -0.136. The van der Waals surface area contributed by atoms with Gasteiger partial charge in [0, 0.05) is 4.88 Å². The van der Waals surface area contributed by atoms with Gasteiger partial charge in [0.15, 0.2) is 4.96 Å². The highest BCUT2D eigenvalue weighted by Crippen LogP contribution is 2.32. The number of carboxylic acid groups (broad SMARTS) is 1. The SMILES string of the molecule is Cc1ccc(-c2c(C)sc3ncc(CC(=O)O)n23)cc1.